The van der Waals surface area contributed by atoms with Crippen molar-refractivity contribution in [3.8, 4) is 0 Å². The van der Waals surface area contributed by atoms with Gasteiger partial charge in [-0.2, -0.15) is 0 Å². The Morgan fingerprint density at radius 1 is 1.00 bits per heavy atom. The lowest BCUT2D eigenvalue weighted by molar-refractivity contribution is -0.149. The molecule has 0 aliphatic carbocycles. The van der Waals surface area contributed by atoms with E-state index in [9.17, 15) is 9.59 Å². The first-order valence-corrected chi connectivity index (χ1v) is 9.72. The number of aliphatic hydroxyl groups is 1. The SMILES string of the molecule is COC(=O)[C@@H](C)O.COC(=O)[C@@H](C)O[Si](C)(C)C(C)(C)C. The summed E-state index contributed by atoms with van der Waals surface area (Å²) >= 11 is 0. The van der Waals surface area contributed by atoms with Crippen LogP contribution in [0.25, 0.3) is 0 Å². The maximum absolute atomic E-state index is 11.2. The molecule has 0 fully saturated rings. The summed E-state index contributed by atoms with van der Waals surface area (Å²) in [5.74, 6) is -0.894. The number of rotatable bonds is 4. The van der Waals surface area contributed by atoms with Gasteiger partial charge in [-0.3, -0.25) is 0 Å². The molecule has 0 aromatic rings. The van der Waals surface area contributed by atoms with E-state index in [0.29, 0.717) is 0 Å². The molecule has 0 unspecified atom stereocenters. The van der Waals surface area contributed by atoms with Crippen LogP contribution in [0, 0.1) is 0 Å². The van der Waals surface area contributed by atoms with Crippen LogP contribution >= 0.6 is 0 Å². The number of aliphatic hydroxyl groups excluding tert-OH is 1. The van der Waals surface area contributed by atoms with Crippen molar-refractivity contribution in [2.45, 2.75) is 65.0 Å². The second kappa shape index (κ2) is 9.17. The Bertz CT molecular complexity index is 333. The van der Waals surface area contributed by atoms with Crippen molar-refractivity contribution >= 4 is 20.3 Å². The average molecular weight is 322 g/mol. The molecule has 1 N–H and O–H groups in total. The highest BCUT2D eigenvalue weighted by molar-refractivity contribution is 6.74. The normalized spacial score (nSPS) is 14.4. The van der Waals surface area contributed by atoms with E-state index in [1.54, 1.807) is 6.92 Å². The minimum Gasteiger partial charge on any atom is -0.467 e. The van der Waals surface area contributed by atoms with Gasteiger partial charge in [-0.25, -0.2) is 9.59 Å². The van der Waals surface area contributed by atoms with Crippen LogP contribution in [0.1, 0.15) is 34.6 Å². The summed E-state index contributed by atoms with van der Waals surface area (Å²) in [6.45, 7) is 13.8. The van der Waals surface area contributed by atoms with Gasteiger partial charge >= 0.3 is 11.9 Å². The highest BCUT2D eigenvalue weighted by atomic mass is 28.4. The quantitative estimate of drug-likeness (QED) is 0.630. The number of esters is 2. The van der Waals surface area contributed by atoms with Crippen molar-refractivity contribution in [3.63, 3.8) is 0 Å². The third kappa shape index (κ3) is 8.85. The maximum Gasteiger partial charge on any atom is 0.334 e. The maximum atomic E-state index is 11.2. The first kappa shape index (κ1) is 22.4. The lowest BCUT2D eigenvalue weighted by Crippen LogP contribution is -2.45. The molecular weight excluding hydrogens is 292 g/mol. The molecular formula is C14H30O6Si. The van der Waals surface area contributed by atoms with E-state index in [1.807, 2.05) is 0 Å². The molecule has 2 atom stereocenters. The van der Waals surface area contributed by atoms with Gasteiger partial charge in [0.25, 0.3) is 0 Å². The van der Waals surface area contributed by atoms with Gasteiger partial charge < -0.3 is 19.0 Å². The molecule has 0 aromatic carbocycles. The minimum atomic E-state index is -1.85. The molecule has 6 nitrogen and oxygen atoms in total. The number of methoxy groups -OCH3 is 2. The fourth-order valence-electron chi connectivity index (χ4n) is 1.00. The predicted molar refractivity (Wildman–Crippen MR) is 83.5 cm³/mol. The number of carbonyl (C=O) groups is 2. The minimum absolute atomic E-state index is 0.120. The first-order chi connectivity index (χ1) is 9.30. The van der Waals surface area contributed by atoms with Crippen LogP contribution in [-0.2, 0) is 23.5 Å². The van der Waals surface area contributed by atoms with Crippen molar-refractivity contribution in [1.29, 1.82) is 0 Å². The summed E-state index contributed by atoms with van der Waals surface area (Å²) in [5, 5.41) is 8.47. The lowest BCUT2D eigenvalue weighted by Gasteiger charge is -2.37. The Balaban J connectivity index is 0. The van der Waals surface area contributed by atoms with Crippen molar-refractivity contribution in [2.24, 2.45) is 0 Å². The van der Waals surface area contributed by atoms with E-state index in [0.717, 1.165) is 0 Å². The fraction of sp³-hybridized carbons (Fsp3) is 0.857. The van der Waals surface area contributed by atoms with Crippen molar-refractivity contribution in [2.75, 3.05) is 14.2 Å². The van der Waals surface area contributed by atoms with Gasteiger partial charge in [0.05, 0.1) is 14.2 Å². The van der Waals surface area contributed by atoms with Gasteiger partial charge in [0.15, 0.2) is 8.32 Å². The van der Waals surface area contributed by atoms with Crippen LogP contribution < -0.4 is 0 Å². The van der Waals surface area contributed by atoms with Gasteiger partial charge in [-0.05, 0) is 32.0 Å². The average Bonchev–Trinajstić information content (AvgIpc) is 2.35. The van der Waals surface area contributed by atoms with Gasteiger partial charge in [0.1, 0.15) is 12.2 Å². The van der Waals surface area contributed by atoms with Crippen LogP contribution in [0.15, 0.2) is 0 Å². The standard InChI is InChI=1S/C10H22O3Si.C4H8O3/c1-8(9(11)12-5)13-14(6,7)10(2,3)4;1-3(5)4(6)7-2/h8H,1-7H3;3,5H,1-2H3/t8-;3-/m11/s1. The largest absolute Gasteiger partial charge is 0.467 e. The van der Waals surface area contributed by atoms with Gasteiger partial charge in [0, 0.05) is 0 Å². The zero-order valence-electron chi connectivity index (χ0n) is 14.6. The summed E-state index contributed by atoms with van der Waals surface area (Å²) in [5.41, 5.74) is 0. The molecule has 0 spiro atoms. The molecule has 126 valence electrons. The van der Waals surface area contributed by atoms with E-state index >= 15 is 0 Å². The summed E-state index contributed by atoms with van der Waals surface area (Å²) in [4.78, 5) is 21.2. The van der Waals surface area contributed by atoms with E-state index in [4.69, 9.17) is 9.53 Å². The van der Waals surface area contributed by atoms with Crippen LogP contribution in [0.2, 0.25) is 18.1 Å². The second-order valence-corrected chi connectivity index (χ2v) is 11.0. The number of hydrogen-bond donors (Lipinski definition) is 1. The van der Waals surface area contributed by atoms with Crippen molar-refractivity contribution in [3.05, 3.63) is 0 Å². The molecule has 0 saturated heterocycles. The molecule has 0 bridgehead atoms. The third-order valence-corrected chi connectivity index (χ3v) is 7.91. The van der Waals surface area contributed by atoms with E-state index in [2.05, 4.69) is 43.3 Å². The number of hydrogen-bond acceptors (Lipinski definition) is 6. The number of carbonyl (C=O) groups excluding carboxylic acids is 2. The van der Waals surface area contributed by atoms with E-state index in [-0.39, 0.29) is 11.0 Å². The Kier molecular flexibility index (Phi) is 9.76. The summed E-state index contributed by atoms with van der Waals surface area (Å²) in [6, 6.07) is 0. The molecule has 0 saturated carbocycles. The molecule has 0 heterocycles. The van der Waals surface area contributed by atoms with Crippen molar-refractivity contribution < 1.29 is 28.6 Å². The lowest BCUT2D eigenvalue weighted by atomic mass is 10.2. The molecule has 0 rings (SSSR count). The first-order valence-electron chi connectivity index (χ1n) is 6.81. The molecule has 0 aliphatic heterocycles. The van der Waals surface area contributed by atoms with Crippen LogP contribution in [0.3, 0.4) is 0 Å². The summed E-state index contributed by atoms with van der Waals surface area (Å²) in [7, 11) is 0.766. The zero-order chi connectivity index (χ0) is 17.4. The van der Waals surface area contributed by atoms with Crippen LogP contribution in [0.5, 0.6) is 0 Å². The molecule has 7 heteroatoms. The van der Waals surface area contributed by atoms with Crippen LogP contribution in [-0.4, -0.2) is 51.8 Å². The predicted octanol–water partition coefficient (Wildman–Crippen LogP) is 2.11. The Labute approximate surface area is 128 Å². The van der Waals surface area contributed by atoms with Gasteiger partial charge in [-0.1, -0.05) is 20.8 Å². The molecule has 0 amide bonds. The fourth-order valence-corrected chi connectivity index (χ4v) is 2.34. The topological polar surface area (TPSA) is 82.1 Å². The Morgan fingerprint density at radius 3 is 1.57 bits per heavy atom. The molecule has 0 aliphatic rings. The third-order valence-electron chi connectivity index (χ3n) is 3.35. The summed E-state index contributed by atoms with van der Waals surface area (Å²) in [6.07, 6.45) is -1.45. The Morgan fingerprint density at radius 2 is 1.38 bits per heavy atom. The van der Waals surface area contributed by atoms with Gasteiger partial charge in [-0.15, -0.1) is 0 Å². The highest BCUT2D eigenvalue weighted by Gasteiger charge is 2.39. The van der Waals surface area contributed by atoms with E-state index in [1.165, 1.54) is 21.1 Å². The van der Waals surface area contributed by atoms with Crippen molar-refractivity contribution in [1.82, 2.24) is 0 Å². The second-order valence-electron chi connectivity index (χ2n) is 6.24. The van der Waals surface area contributed by atoms with E-state index < -0.39 is 26.5 Å². The smallest absolute Gasteiger partial charge is 0.334 e. The number of ether oxygens (including phenoxy) is 2. The molecule has 0 radical (unpaired) electrons. The monoisotopic (exact) mass is 322 g/mol. The molecule has 21 heavy (non-hydrogen) atoms. The highest BCUT2D eigenvalue weighted by Crippen LogP contribution is 2.37. The summed E-state index contributed by atoms with van der Waals surface area (Å²) < 4.78 is 14.6. The van der Waals surface area contributed by atoms with Gasteiger partial charge in [0.2, 0.25) is 0 Å². The molecule has 0 aromatic heterocycles. The zero-order valence-corrected chi connectivity index (χ0v) is 15.6. The Hall–Kier alpha value is -0.923. The van der Waals surface area contributed by atoms with Crippen LogP contribution in [0.4, 0.5) is 0 Å².